The molecule has 0 saturated heterocycles. The van der Waals surface area contributed by atoms with E-state index >= 15 is 0 Å². The molecule has 0 aliphatic rings. The molecule has 7 heteroatoms. The normalized spacial score (nSPS) is 8.69. The van der Waals surface area contributed by atoms with Gasteiger partial charge < -0.3 is 27.2 Å². The first-order valence-electron chi connectivity index (χ1n) is 3.42. The molecule has 0 spiro atoms. The van der Waals surface area contributed by atoms with Crippen LogP contribution in [0.1, 0.15) is 0 Å². The number of carbonyl (C=O) groups is 2. The standard InChI is InChI=1S/C6H12N4O3/c1-9-6(13)4(5(7)8)10-2-3(11)12/h10H,2,7-8H2,1H3,(H,9,13)(H,11,12). The van der Waals surface area contributed by atoms with E-state index in [0.29, 0.717) is 0 Å². The number of likely N-dealkylation sites (N-methyl/N-ethyl adjacent to an activating group) is 1. The summed E-state index contributed by atoms with van der Waals surface area (Å²) in [5.41, 5.74) is 10.1. The highest BCUT2D eigenvalue weighted by Gasteiger charge is 2.11. The van der Waals surface area contributed by atoms with Gasteiger partial charge in [-0.2, -0.15) is 0 Å². The minimum atomic E-state index is -1.11. The van der Waals surface area contributed by atoms with Crippen molar-refractivity contribution in [1.29, 1.82) is 0 Å². The molecule has 0 fully saturated rings. The fraction of sp³-hybridized carbons (Fsp3) is 0.333. The van der Waals surface area contributed by atoms with Crippen LogP contribution in [-0.2, 0) is 9.59 Å². The van der Waals surface area contributed by atoms with Gasteiger partial charge in [0.15, 0.2) is 0 Å². The van der Waals surface area contributed by atoms with Gasteiger partial charge in [-0.1, -0.05) is 0 Å². The molecule has 7 nitrogen and oxygen atoms in total. The molecule has 74 valence electrons. The van der Waals surface area contributed by atoms with Crippen LogP contribution >= 0.6 is 0 Å². The zero-order valence-electron chi connectivity index (χ0n) is 7.13. The van der Waals surface area contributed by atoms with Crippen LogP contribution in [0.2, 0.25) is 0 Å². The molecular weight excluding hydrogens is 176 g/mol. The van der Waals surface area contributed by atoms with Crippen molar-refractivity contribution in [2.24, 2.45) is 11.5 Å². The summed E-state index contributed by atoms with van der Waals surface area (Å²) in [6.45, 7) is -0.416. The third-order valence-electron chi connectivity index (χ3n) is 1.16. The van der Waals surface area contributed by atoms with E-state index in [1.807, 2.05) is 0 Å². The number of rotatable bonds is 4. The second kappa shape index (κ2) is 4.86. The average Bonchev–Trinajstić information content (AvgIpc) is 2.03. The maximum Gasteiger partial charge on any atom is 0.322 e. The van der Waals surface area contributed by atoms with Gasteiger partial charge in [-0.25, -0.2) is 0 Å². The van der Waals surface area contributed by atoms with Gasteiger partial charge in [0.2, 0.25) is 0 Å². The predicted octanol–water partition coefficient (Wildman–Crippen LogP) is -2.51. The molecule has 0 heterocycles. The van der Waals surface area contributed by atoms with Crippen molar-refractivity contribution in [1.82, 2.24) is 10.6 Å². The third-order valence-corrected chi connectivity index (χ3v) is 1.16. The van der Waals surface area contributed by atoms with Gasteiger partial charge in [-0.05, 0) is 0 Å². The maximum absolute atomic E-state index is 11.0. The summed E-state index contributed by atoms with van der Waals surface area (Å²) in [6.07, 6.45) is 0. The van der Waals surface area contributed by atoms with Crippen molar-refractivity contribution in [3.05, 3.63) is 11.5 Å². The van der Waals surface area contributed by atoms with Crippen LogP contribution in [-0.4, -0.2) is 30.6 Å². The second-order valence-electron chi connectivity index (χ2n) is 2.16. The van der Waals surface area contributed by atoms with E-state index in [1.54, 1.807) is 0 Å². The topological polar surface area (TPSA) is 130 Å². The van der Waals surface area contributed by atoms with Crippen molar-refractivity contribution in [3.8, 4) is 0 Å². The molecule has 0 rings (SSSR count). The van der Waals surface area contributed by atoms with E-state index in [2.05, 4.69) is 10.6 Å². The number of carbonyl (C=O) groups excluding carboxylic acids is 1. The second-order valence-corrected chi connectivity index (χ2v) is 2.16. The Kier molecular flexibility index (Phi) is 4.14. The van der Waals surface area contributed by atoms with E-state index in [9.17, 15) is 9.59 Å². The Hall–Kier alpha value is -1.92. The molecule has 13 heavy (non-hydrogen) atoms. The van der Waals surface area contributed by atoms with Gasteiger partial charge in [-0.15, -0.1) is 0 Å². The highest BCUT2D eigenvalue weighted by molar-refractivity contribution is 5.93. The van der Waals surface area contributed by atoms with Gasteiger partial charge in [0.25, 0.3) is 5.91 Å². The Labute approximate surface area is 74.8 Å². The summed E-state index contributed by atoms with van der Waals surface area (Å²) in [6, 6.07) is 0. The zero-order chi connectivity index (χ0) is 10.4. The molecule has 0 radical (unpaired) electrons. The molecule has 7 N–H and O–H groups in total. The van der Waals surface area contributed by atoms with E-state index < -0.39 is 18.4 Å². The fourth-order valence-corrected chi connectivity index (χ4v) is 0.602. The Bertz CT molecular complexity index is 244. The predicted molar refractivity (Wildman–Crippen MR) is 45.1 cm³/mol. The Morgan fingerprint density at radius 1 is 1.38 bits per heavy atom. The van der Waals surface area contributed by atoms with Crippen LogP contribution in [0.4, 0.5) is 0 Å². The van der Waals surface area contributed by atoms with Crippen LogP contribution < -0.4 is 22.1 Å². The Morgan fingerprint density at radius 2 is 1.92 bits per heavy atom. The van der Waals surface area contributed by atoms with Gasteiger partial charge in [0, 0.05) is 7.05 Å². The lowest BCUT2D eigenvalue weighted by molar-refractivity contribution is -0.135. The Morgan fingerprint density at radius 3 is 2.23 bits per heavy atom. The van der Waals surface area contributed by atoms with E-state index in [-0.39, 0.29) is 11.5 Å². The minimum absolute atomic E-state index is 0.134. The SMILES string of the molecule is CNC(=O)C(NCC(=O)O)=C(N)N. The molecule has 0 unspecified atom stereocenters. The van der Waals surface area contributed by atoms with Crippen LogP contribution in [0, 0.1) is 0 Å². The Balaban J connectivity index is 4.39. The number of carboxylic acid groups (broad SMARTS) is 1. The lowest BCUT2D eigenvalue weighted by atomic mass is 10.4. The van der Waals surface area contributed by atoms with Gasteiger partial charge >= 0.3 is 5.97 Å². The van der Waals surface area contributed by atoms with Gasteiger partial charge in [0.05, 0.1) is 0 Å². The molecular formula is C6H12N4O3. The fourth-order valence-electron chi connectivity index (χ4n) is 0.602. The molecule has 0 saturated carbocycles. The summed E-state index contributed by atoms with van der Waals surface area (Å²) in [4.78, 5) is 21.1. The molecule has 0 aromatic rings. The molecule has 1 amide bonds. The quantitative estimate of drug-likeness (QED) is 0.310. The minimum Gasteiger partial charge on any atom is -0.480 e. The highest BCUT2D eigenvalue weighted by atomic mass is 16.4. The highest BCUT2D eigenvalue weighted by Crippen LogP contribution is 1.88. The van der Waals surface area contributed by atoms with E-state index in [0.717, 1.165) is 0 Å². The lowest BCUT2D eigenvalue weighted by Crippen LogP contribution is -2.36. The molecule has 0 aromatic carbocycles. The van der Waals surface area contributed by atoms with Gasteiger partial charge in [0.1, 0.15) is 18.1 Å². The zero-order valence-corrected chi connectivity index (χ0v) is 7.13. The van der Waals surface area contributed by atoms with Crippen molar-refractivity contribution >= 4 is 11.9 Å². The summed E-state index contributed by atoms with van der Waals surface area (Å²) >= 11 is 0. The number of amides is 1. The number of aliphatic carboxylic acids is 1. The van der Waals surface area contributed by atoms with Crippen molar-refractivity contribution < 1.29 is 14.7 Å². The number of nitrogens with one attached hydrogen (secondary N) is 2. The number of hydrogen-bond acceptors (Lipinski definition) is 5. The average molecular weight is 188 g/mol. The largest absolute Gasteiger partial charge is 0.480 e. The summed E-state index contributed by atoms with van der Waals surface area (Å²) in [7, 11) is 1.38. The molecule has 0 aliphatic heterocycles. The van der Waals surface area contributed by atoms with Crippen molar-refractivity contribution in [2.75, 3.05) is 13.6 Å². The molecule has 0 atom stereocenters. The summed E-state index contributed by atoms with van der Waals surface area (Å²) in [5, 5.41) is 12.8. The molecule has 0 aliphatic carbocycles. The lowest BCUT2D eigenvalue weighted by Gasteiger charge is -2.08. The monoisotopic (exact) mass is 188 g/mol. The summed E-state index contributed by atoms with van der Waals surface area (Å²) in [5.74, 6) is -1.91. The number of nitrogens with two attached hydrogens (primary N) is 2. The van der Waals surface area contributed by atoms with Crippen molar-refractivity contribution in [2.45, 2.75) is 0 Å². The smallest absolute Gasteiger partial charge is 0.322 e. The first-order valence-corrected chi connectivity index (χ1v) is 3.42. The van der Waals surface area contributed by atoms with E-state index in [1.165, 1.54) is 7.05 Å². The van der Waals surface area contributed by atoms with Crippen LogP contribution in [0.15, 0.2) is 11.5 Å². The van der Waals surface area contributed by atoms with Crippen molar-refractivity contribution in [3.63, 3.8) is 0 Å². The van der Waals surface area contributed by atoms with Gasteiger partial charge in [-0.3, -0.25) is 9.59 Å². The number of carboxylic acids is 1. The first-order chi connectivity index (χ1) is 5.99. The van der Waals surface area contributed by atoms with Crippen LogP contribution in [0.3, 0.4) is 0 Å². The number of hydrogen-bond donors (Lipinski definition) is 5. The van der Waals surface area contributed by atoms with E-state index in [4.69, 9.17) is 16.6 Å². The molecule has 0 bridgehead atoms. The van der Waals surface area contributed by atoms with Crippen LogP contribution in [0.5, 0.6) is 0 Å². The summed E-state index contributed by atoms with van der Waals surface area (Å²) < 4.78 is 0. The molecule has 0 aromatic heterocycles. The third kappa shape index (κ3) is 3.85. The van der Waals surface area contributed by atoms with Crippen LogP contribution in [0.25, 0.3) is 0 Å². The maximum atomic E-state index is 11.0. The first kappa shape index (κ1) is 11.1.